The average Bonchev–Trinajstić information content (AvgIpc) is 3.22. The van der Waals surface area contributed by atoms with Crippen LogP contribution in [0, 0.1) is 11.7 Å². The summed E-state index contributed by atoms with van der Waals surface area (Å²) in [6, 6.07) is 6.76. The van der Waals surface area contributed by atoms with Crippen LogP contribution in [0.3, 0.4) is 0 Å². The first-order chi connectivity index (χ1) is 9.08. The number of nitrogens with zero attached hydrogens (tertiary/aromatic N) is 1. The van der Waals surface area contributed by atoms with Crippen LogP contribution < -0.4 is 5.32 Å². The molecule has 1 unspecified atom stereocenters. The first-order valence-electron chi connectivity index (χ1n) is 6.82. The molecule has 1 fully saturated rings. The number of hydrogen-bond donors (Lipinski definition) is 1. The van der Waals surface area contributed by atoms with Gasteiger partial charge in [0.05, 0.1) is 5.69 Å². The highest BCUT2D eigenvalue weighted by atomic mass is 19.1. The van der Waals surface area contributed by atoms with Gasteiger partial charge in [-0.1, -0.05) is 12.1 Å². The second-order valence-electron chi connectivity index (χ2n) is 5.34. The fourth-order valence-corrected chi connectivity index (χ4v) is 2.20. The smallest absolute Gasteiger partial charge is 0.225 e. The van der Waals surface area contributed by atoms with Gasteiger partial charge in [0.25, 0.3) is 0 Å². The molecule has 0 radical (unpaired) electrons. The molecule has 3 nitrogen and oxygen atoms in total. The first-order valence-corrected chi connectivity index (χ1v) is 6.82. The zero-order valence-corrected chi connectivity index (χ0v) is 11.5. The van der Waals surface area contributed by atoms with Crippen LogP contribution in [-0.4, -0.2) is 30.4 Å². The fourth-order valence-electron chi connectivity index (χ4n) is 2.20. The van der Waals surface area contributed by atoms with Gasteiger partial charge < -0.3 is 10.2 Å². The molecule has 0 aliphatic heterocycles. The Kier molecular flexibility index (Phi) is 4.53. The molecule has 1 aromatic carbocycles. The van der Waals surface area contributed by atoms with E-state index in [1.807, 2.05) is 7.05 Å². The van der Waals surface area contributed by atoms with E-state index in [9.17, 15) is 9.18 Å². The van der Waals surface area contributed by atoms with Crippen molar-refractivity contribution < 1.29 is 9.18 Å². The van der Waals surface area contributed by atoms with E-state index in [-0.39, 0.29) is 11.6 Å². The van der Waals surface area contributed by atoms with Crippen LogP contribution >= 0.6 is 0 Å². The highest BCUT2D eigenvalue weighted by Crippen LogP contribution is 2.34. The lowest BCUT2D eigenvalue weighted by Crippen LogP contribution is -2.33. The topological polar surface area (TPSA) is 32.3 Å². The van der Waals surface area contributed by atoms with Crippen LogP contribution in [0.4, 0.5) is 10.1 Å². The van der Waals surface area contributed by atoms with Crippen molar-refractivity contribution in [3.63, 3.8) is 0 Å². The summed E-state index contributed by atoms with van der Waals surface area (Å²) in [6.07, 6.45) is 2.99. The van der Waals surface area contributed by atoms with Gasteiger partial charge in [0.1, 0.15) is 5.82 Å². The predicted octanol–water partition coefficient (Wildman–Crippen LogP) is 2.88. The number of amides is 1. The minimum absolute atomic E-state index is 0.139. The lowest BCUT2D eigenvalue weighted by atomic mass is 10.2. The summed E-state index contributed by atoms with van der Waals surface area (Å²) in [5.41, 5.74) is 0.255. The van der Waals surface area contributed by atoms with Crippen molar-refractivity contribution in [2.45, 2.75) is 32.2 Å². The molecular weight excluding hydrogens is 243 g/mol. The monoisotopic (exact) mass is 264 g/mol. The molecule has 1 atom stereocenters. The number of nitrogens with one attached hydrogen (secondary N) is 1. The Morgan fingerprint density at radius 1 is 1.47 bits per heavy atom. The number of para-hydroxylation sites is 1. The van der Waals surface area contributed by atoms with Crippen LogP contribution in [0.1, 0.15) is 26.2 Å². The standard InChI is InChI=1S/C15H21FN2O/c1-11(12-7-8-12)18(2)10-9-15(19)17-14-6-4-3-5-13(14)16/h3-6,11-12H,7-10H2,1-2H3,(H,17,19). The Morgan fingerprint density at radius 2 is 2.16 bits per heavy atom. The number of carbonyl (C=O) groups excluding carboxylic acids is 1. The van der Waals surface area contributed by atoms with Crippen molar-refractivity contribution in [3.05, 3.63) is 30.1 Å². The third-order valence-corrected chi connectivity index (χ3v) is 3.84. The van der Waals surface area contributed by atoms with Gasteiger partial charge in [-0.15, -0.1) is 0 Å². The molecule has 1 aromatic rings. The molecule has 4 heteroatoms. The molecule has 19 heavy (non-hydrogen) atoms. The maximum absolute atomic E-state index is 13.4. The fraction of sp³-hybridized carbons (Fsp3) is 0.533. The second-order valence-corrected chi connectivity index (χ2v) is 5.34. The Hall–Kier alpha value is -1.42. The molecule has 0 saturated heterocycles. The van der Waals surface area contributed by atoms with E-state index in [1.54, 1.807) is 18.2 Å². The van der Waals surface area contributed by atoms with Gasteiger partial charge in [-0.3, -0.25) is 4.79 Å². The van der Waals surface area contributed by atoms with E-state index in [1.165, 1.54) is 18.9 Å². The predicted molar refractivity (Wildman–Crippen MR) is 74.5 cm³/mol. The molecule has 0 aromatic heterocycles. The van der Waals surface area contributed by atoms with Crippen molar-refractivity contribution in [1.82, 2.24) is 4.90 Å². The molecule has 104 valence electrons. The molecule has 1 amide bonds. The van der Waals surface area contributed by atoms with E-state index in [4.69, 9.17) is 0 Å². The van der Waals surface area contributed by atoms with Gasteiger partial charge in [-0.25, -0.2) is 4.39 Å². The van der Waals surface area contributed by atoms with E-state index in [0.29, 0.717) is 19.0 Å². The Labute approximate surface area is 113 Å². The molecule has 0 bridgehead atoms. The van der Waals surface area contributed by atoms with Crippen LogP contribution in [0.25, 0.3) is 0 Å². The van der Waals surface area contributed by atoms with Crippen LogP contribution in [0.2, 0.25) is 0 Å². The maximum Gasteiger partial charge on any atom is 0.225 e. The maximum atomic E-state index is 13.4. The average molecular weight is 264 g/mol. The molecule has 1 N–H and O–H groups in total. The normalized spacial score (nSPS) is 16.4. The lowest BCUT2D eigenvalue weighted by molar-refractivity contribution is -0.116. The number of halogens is 1. The summed E-state index contributed by atoms with van der Waals surface area (Å²) in [4.78, 5) is 14.0. The Balaban J connectivity index is 1.76. The second kappa shape index (κ2) is 6.15. The summed E-state index contributed by atoms with van der Waals surface area (Å²) in [6.45, 7) is 2.91. The summed E-state index contributed by atoms with van der Waals surface area (Å²) in [5.74, 6) is 0.259. The number of rotatable bonds is 6. The van der Waals surface area contributed by atoms with Crippen molar-refractivity contribution in [1.29, 1.82) is 0 Å². The van der Waals surface area contributed by atoms with Crippen molar-refractivity contribution >= 4 is 11.6 Å². The lowest BCUT2D eigenvalue weighted by Gasteiger charge is -2.24. The molecule has 0 heterocycles. The number of anilines is 1. The largest absolute Gasteiger partial charge is 0.324 e. The van der Waals surface area contributed by atoms with E-state index < -0.39 is 5.82 Å². The summed E-state index contributed by atoms with van der Waals surface area (Å²) in [5, 5.41) is 2.61. The third kappa shape index (κ3) is 4.03. The quantitative estimate of drug-likeness (QED) is 0.857. The Morgan fingerprint density at radius 3 is 2.79 bits per heavy atom. The number of carbonyl (C=O) groups is 1. The van der Waals surface area contributed by atoms with Crippen molar-refractivity contribution in [2.24, 2.45) is 5.92 Å². The summed E-state index contributed by atoms with van der Waals surface area (Å²) >= 11 is 0. The van der Waals surface area contributed by atoms with E-state index >= 15 is 0 Å². The molecule has 1 saturated carbocycles. The van der Waals surface area contributed by atoms with Crippen LogP contribution in [0.5, 0.6) is 0 Å². The molecule has 1 aliphatic carbocycles. The zero-order chi connectivity index (χ0) is 13.8. The zero-order valence-electron chi connectivity index (χ0n) is 11.5. The molecule has 1 aliphatic rings. The van der Waals surface area contributed by atoms with Crippen LogP contribution in [-0.2, 0) is 4.79 Å². The minimum atomic E-state index is -0.393. The first kappa shape index (κ1) is 14.0. The van der Waals surface area contributed by atoms with Gasteiger partial charge in [0, 0.05) is 19.0 Å². The van der Waals surface area contributed by atoms with Crippen molar-refractivity contribution in [3.8, 4) is 0 Å². The van der Waals surface area contributed by atoms with Crippen LogP contribution in [0.15, 0.2) is 24.3 Å². The van der Waals surface area contributed by atoms with Gasteiger partial charge in [-0.2, -0.15) is 0 Å². The Bertz CT molecular complexity index is 446. The third-order valence-electron chi connectivity index (χ3n) is 3.84. The summed E-state index contributed by atoms with van der Waals surface area (Å²) in [7, 11) is 2.04. The SMILES string of the molecule is CC(C1CC1)N(C)CCC(=O)Nc1ccccc1F. The van der Waals surface area contributed by atoms with Gasteiger partial charge in [-0.05, 0) is 44.9 Å². The van der Waals surface area contributed by atoms with Gasteiger partial charge in [0.15, 0.2) is 0 Å². The molecule has 0 spiro atoms. The minimum Gasteiger partial charge on any atom is -0.324 e. The van der Waals surface area contributed by atoms with Gasteiger partial charge >= 0.3 is 0 Å². The summed E-state index contributed by atoms with van der Waals surface area (Å²) < 4.78 is 13.4. The molecule has 2 rings (SSSR count). The highest BCUT2D eigenvalue weighted by molar-refractivity contribution is 5.90. The molecular formula is C15H21FN2O. The number of hydrogen-bond acceptors (Lipinski definition) is 2. The number of benzene rings is 1. The van der Waals surface area contributed by atoms with E-state index in [2.05, 4.69) is 17.1 Å². The van der Waals surface area contributed by atoms with Crippen molar-refractivity contribution in [2.75, 3.05) is 18.9 Å². The highest BCUT2D eigenvalue weighted by Gasteiger charge is 2.30. The van der Waals surface area contributed by atoms with E-state index in [0.717, 1.165) is 5.92 Å². The van der Waals surface area contributed by atoms with Gasteiger partial charge in [0.2, 0.25) is 5.91 Å².